The summed E-state index contributed by atoms with van der Waals surface area (Å²) in [5.74, 6) is -0.0901. The highest BCUT2D eigenvalue weighted by molar-refractivity contribution is 5.98. The first-order valence-corrected chi connectivity index (χ1v) is 8.26. The maximum Gasteiger partial charge on any atom is 0.306 e. The number of ether oxygens (including phenoxy) is 1. The summed E-state index contributed by atoms with van der Waals surface area (Å²) < 4.78 is 5.22. The highest BCUT2D eigenvalue weighted by Gasteiger charge is 2.21. The predicted octanol–water partition coefficient (Wildman–Crippen LogP) is 3.33. The molecule has 0 amide bonds. The minimum Gasteiger partial charge on any atom is -0.461 e. The van der Waals surface area contributed by atoms with Crippen LogP contribution in [0.3, 0.4) is 0 Å². The third kappa shape index (κ3) is 6.37. The number of esters is 1. The fourth-order valence-electron chi connectivity index (χ4n) is 2.68. The molecule has 1 aliphatic rings. The van der Waals surface area contributed by atoms with E-state index in [0.717, 1.165) is 43.2 Å². The number of benzene rings is 1. The summed E-state index contributed by atoms with van der Waals surface area (Å²) in [4.78, 5) is 23.1. The number of hydrogen-bond acceptors (Lipinski definition) is 4. The number of hydrogen-bond donors (Lipinski definition) is 1. The van der Waals surface area contributed by atoms with Gasteiger partial charge >= 0.3 is 5.97 Å². The van der Waals surface area contributed by atoms with Gasteiger partial charge in [-0.25, -0.2) is 0 Å². The lowest BCUT2D eigenvalue weighted by Crippen LogP contribution is -2.04. The van der Waals surface area contributed by atoms with Crippen molar-refractivity contribution in [2.24, 2.45) is 0 Å². The van der Waals surface area contributed by atoms with Crippen molar-refractivity contribution >= 4 is 11.8 Å². The number of carbonyl (C=O) groups is 2. The van der Waals surface area contributed by atoms with Gasteiger partial charge in [0.2, 0.25) is 0 Å². The van der Waals surface area contributed by atoms with Crippen LogP contribution < -0.4 is 0 Å². The number of aliphatic hydroxyl groups excluding tert-OH is 1. The molecule has 0 spiro atoms. The Labute approximate surface area is 137 Å². The van der Waals surface area contributed by atoms with Crippen LogP contribution in [-0.2, 0) is 20.9 Å². The van der Waals surface area contributed by atoms with E-state index in [9.17, 15) is 14.7 Å². The highest BCUT2D eigenvalue weighted by atomic mass is 16.5. The second-order valence-electron chi connectivity index (χ2n) is 5.95. The summed E-state index contributed by atoms with van der Waals surface area (Å²) in [7, 11) is 0. The highest BCUT2D eigenvalue weighted by Crippen LogP contribution is 2.20. The predicted molar refractivity (Wildman–Crippen MR) is 87.7 cm³/mol. The van der Waals surface area contributed by atoms with Crippen LogP contribution in [0, 0.1) is 0 Å². The Kier molecular flexibility index (Phi) is 7.01. The Morgan fingerprint density at radius 2 is 1.87 bits per heavy atom. The minimum atomic E-state index is -0.586. The fourth-order valence-corrected chi connectivity index (χ4v) is 2.68. The molecule has 4 nitrogen and oxygen atoms in total. The molecular weight excluding hydrogens is 292 g/mol. The van der Waals surface area contributed by atoms with Crippen LogP contribution in [0.2, 0.25) is 0 Å². The van der Waals surface area contributed by atoms with E-state index >= 15 is 0 Å². The van der Waals surface area contributed by atoms with Gasteiger partial charge in [0.05, 0.1) is 6.10 Å². The lowest BCUT2D eigenvalue weighted by Gasteiger charge is -2.05. The van der Waals surface area contributed by atoms with Crippen LogP contribution in [0.4, 0.5) is 0 Å². The van der Waals surface area contributed by atoms with Gasteiger partial charge in [0.25, 0.3) is 0 Å². The average molecular weight is 316 g/mol. The van der Waals surface area contributed by atoms with Crippen LogP contribution in [0.5, 0.6) is 0 Å². The van der Waals surface area contributed by atoms with Crippen molar-refractivity contribution in [1.82, 2.24) is 0 Å². The van der Waals surface area contributed by atoms with Crippen molar-refractivity contribution < 1.29 is 19.4 Å². The minimum absolute atomic E-state index is 0.0713. The fraction of sp³-hybridized carbons (Fsp3) is 0.474. The van der Waals surface area contributed by atoms with Crippen molar-refractivity contribution in [3.8, 4) is 0 Å². The lowest BCUT2D eigenvalue weighted by molar-refractivity contribution is -0.145. The number of carbonyl (C=O) groups excluding carboxylic acids is 2. The van der Waals surface area contributed by atoms with Gasteiger partial charge in [-0.05, 0) is 36.5 Å². The topological polar surface area (TPSA) is 63.6 Å². The molecule has 0 aromatic heterocycles. The third-order valence-corrected chi connectivity index (χ3v) is 3.97. The van der Waals surface area contributed by atoms with Crippen molar-refractivity contribution in [2.75, 3.05) is 0 Å². The summed E-state index contributed by atoms with van der Waals surface area (Å²) in [6, 6.07) is 9.65. The Bertz CT molecular complexity index is 548. The number of allylic oxidation sites excluding steroid dienone is 1. The zero-order valence-electron chi connectivity index (χ0n) is 13.4. The van der Waals surface area contributed by atoms with E-state index in [1.807, 2.05) is 30.3 Å². The molecule has 4 heteroatoms. The molecule has 0 bridgehead atoms. The second-order valence-corrected chi connectivity index (χ2v) is 5.95. The van der Waals surface area contributed by atoms with Crippen molar-refractivity contribution in [3.05, 3.63) is 47.5 Å². The number of aliphatic hydroxyl groups is 1. The Morgan fingerprint density at radius 1 is 1.13 bits per heavy atom. The van der Waals surface area contributed by atoms with Crippen LogP contribution >= 0.6 is 0 Å². The number of rotatable bonds is 9. The molecule has 0 saturated carbocycles. The van der Waals surface area contributed by atoms with E-state index in [1.165, 1.54) is 0 Å². The van der Waals surface area contributed by atoms with Gasteiger partial charge in [-0.1, -0.05) is 43.2 Å². The molecular formula is C19H24O4. The molecule has 1 aliphatic carbocycles. The zero-order valence-corrected chi connectivity index (χ0v) is 13.4. The summed E-state index contributed by atoms with van der Waals surface area (Å²) in [5, 5.41) is 9.36. The molecule has 0 fully saturated rings. The normalized spacial score (nSPS) is 17.2. The van der Waals surface area contributed by atoms with Crippen LogP contribution in [0.15, 0.2) is 42.0 Å². The van der Waals surface area contributed by atoms with Gasteiger partial charge < -0.3 is 9.84 Å². The summed E-state index contributed by atoms with van der Waals surface area (Å²) in [6.07, 6.45) is 6.15. The van der Waals surface area contributed by atoms with Crippen LogP contribution in [0.25, 0.3) is 0 Å². The van der Waals surface area contributed by atoms with Crippen LogP contribution in [-0.4, -0.2) is 23.0 Å². The van der Waals surface area contributed by atoms with E-state index in [2.05, 4.69) is 0 Å². The first-order valence-electron chi connectivity index (χ1n) is 8.26. The average Bonchev–Trinajstić information content (AvgIpc) is 2.87. The number of ketones is 1. The van der Waals surface area contributed by atoms with E-state index in [0.29, 0.717) is 13.0 Å². The van der Waals surface area contributed by atoms with Crippen molar-refractivity contribution in [3.63, 3.8) is 0 Å². The molecule has 1 atom stereocenters. The molecule has 1 unspecified atom stereocenters. The Hall–Kier alpha value is -1.94. The molecule has 0 aliphatic heterocycles. The van der Waals surface area contributed by atoms with E-state index < -0.39 is 6.10 Å². The third-order valence-electron chi connectivity index (χ3n) is 3.97. The number of Topliss-reactive ketones (excluding diaryl/α,β-unsaturated/α-hetero) is 1. The summed E-state index contributed by atoms with van der Waals surface area (Å²) >= 11 is 0. The molecule has 1 aromatic carbocycles. The van der Waals surface area contributed by atoms with E-state index in [4.69, 9.17) is 4.74 Å². The second kappa shape index (κ2) is 9.26. The molecule has 0 heterocycles. The van der Waals surface area contributed by atoms with Crippen molar-refractivity contribution in [2.45, 2.75) is 57.7 Å². The Morgan fingerprint density at radius 3 is 2.57 bits per heavy atom. The van der Waals surface area contributed by atoms with Crippen LogP contribution in [0.1, 0.15) is 50.5 Å². The first kappa shape index (κ1) is 17.4. The maximum absolute atomic E-state index is 11.6. The van der Waals surface area contributed by atoms with Gasteiger partial charge in [-0.2, -0.15) is 0 Å². The summed E-state index contributed by atoms with van der Waals surface area (Å²) in [6.45, 7) is 0.332. The van der Waals surface area contributed by atoms with Gasteiger partial charge in [0.15, 0.2) is 5.78 Å². The summed E-state index contributed by atoms with van der Waals surface area (Å²) in [5.41, 5.74) is 1.76. The molecule has 124 valence electrons. The smallest absolute Gasteiger partial charge is 0.306 e. The molecule has 1 N–H and O–H groups in total. The Balaban J connectivity index is 1.49. The molecule has 0 radical (unpaired) electrons. The van der Waals surface area contributed by atoms with Crippen molar-refractivity contribution in [1.29, 1.82) is 0 Å². The molecule has 2 rings (SSSR count). The maximum atomic E-state index is 11.6. The van der Waals surface area contributed by atoms with Gasteiger partial charge in [-0.15, -0.1) is 0 Å². The zero-order chi connectivity index (χ0) is 16.5. The lowest BCUT2D eigenvalue weighted by atomic mass is 10.0. The largest absolute Gasteiger partial charge is 0.461 e. The molecule has 0 saturated heterocycles. The number of unbranched alkanes of at least 4 members (excludes halogenated alkanes) is 3. The van der Waals surface area contributed by atoms with Gasteiger partial charge in [0, 0.05) is 12.8 Å². The SMILES string of the molecule is O=C(CCCCCCC1=CC(O)CC1=O)OCc1ccccc1. The monoisotopic (exact) mass is 316 g/mol. The molecule has 23 heavy (non-hydrogen) atoms. The first-order chi connectivity index (χ1) is 11.1. The van der Waals surface area contributed by atoms with Gasteiger partial charge in [0.1, 0.15) is 6.61 Å². The standard InChI is InChI=1S/C19H24O4/c20-17-12-16(18(21)13-17)10-6-1-2-7-11-19(22)23-14-15-8-4-3-5-9-15/h3-5,8-9,12,17,20H,1-2,6-7,10-11,13-14H2. The van der Waals surface area contributed by atoms with E-state index in [-0.39, 0.29) is 18.2 Å². The molecule has 1 aromatic rings. The quantitative estimate of drug-likeness (QED) is 0.560. The van der Waals surface area contributed by atoms with Gasteiger partial charge in [-0.3, -0.25) is 9.59 Å². The van der Waals surface area contributed by atoms with E-state index in [1.54, 1.807) is 6.08 Å².